The van der Waals surface area contributed by atoms with Crippen LogP contribution in [0, 0.1) is 0 Å². The molecule has 0 saturated carbocycles. The molecule has 8 nitrogen and oxygen atoms in total. The molecule has 0 aliphatic carbocycles. The first-order valence-corrected chi connectivity index (χ1v) is 14.0. The maximum Gasteiger partial charge on any atom is 0.518 e. The molecule has 0 amide bonds. The van der Waals surface area contributed by atoms with E-state index < -0.39 is 15.9 Å². The Hall–Kier alpha value is -3.80. The Morgan fingerprint density at radius 2 is 0.944 bits per heavy atom. The van der Waals surface area contributed by atoms with Crippen molar-refractivity contribution in [2.45, 2.75) is 12.3 Å². The lowest BCUT2D eigenvalue weighted by atomic mass is 10.0. The fraction of sp³-hybridized carbons (Fsp3) is 0.0769. The Kier molecular flexibility index (Phi) is 6.09. The summed E-state index contributed by atoms with van der Waals surface area (Å²) in [6, 6.07) is 29.4. The average Bonchev–Trinajstić information content (AvgIpc) is 2.90. The van der Waals surface area contributed by atoms with Crippen molar-refractivity contribution in [2.24, 2.45) is 0 Å². The molecule has 178 valence electrons. The van der Waals surface area contributed by atoms with Gasteiger partial charge in [-0.15, -0.1) is 0 Å². The molecule has 4 aromatic rings. The summed E-state index contributed by atoms with van der Waals surface area (Å²) in [5.74, 6) is 2.04. The Labute approximate surface area is 209 Å². The molecule has 2 aliphatic rings. The van der Waals surface area contributed by atoms with Crippen LogP contribution in [0.4, 0.5) is 0 Å². The molecule has 0 bridgehead atoms. The molecule has 10 heteroatoms. The van der Waals surface area contributed by atoms with Gasteiger partial charge in [-0.3, -0.25) is 0 Å². The van der Waals surface area contributed by atoms with Crippen LogP contribution in [0.15, 0.2) is 97.1 Å². The summed E-state index contributed by atoms with van der Waals surface area (Å²) in [4.78, 5) is 25.6. The van der Waals surface area contributed by atoms with Crippen LogP contribution in [-0.2, 0) is 21.5 Å². The minimum atomic E-state index is -1.96. The molecule has 2 atom stereocenters. The van der Waals surface area contributed by atoms with Gasteiger partial charge in [-0.25, -0.2) is 0 Å². The van der Waals surface area contributed by atoms with Crippen molar-refractivity contribution in [3.8, 4) is 34.1 Å². The van der Waals surface area contributed by atoms with E-state index in [0.717, 1.165) is 21.1 Å². The van der Waals surface area contributed by atoms with E-state index in [4.69, 9.17) is 19.4 Å². The van der Waals surface area contributed by atoms with E-state index in [9.17, 15) is 9.13 Å². The van der Waals surface area contributed by atoms with Crippen molar-refractivity contribution >= 4 is 15.9 Å². The van der Waals surface area contributed by atoms with Gasteiger partial charge in [0.15, 0.2) is 23.0 Å². The predicted octanol–water partition coefficient (Wildman–Crippen LogP) is 7.05. The van der Waals surface area contributed by atoms with Crippen LogP contribution in [0.25, 0.3) is 11.1 Å². The molecule has 0 aromatic heterocycles. The minimum Gasteiger partial charge on any atom is -0.333 e. The molecule has 2 heterocycles. The molecule has 0 N–H and O–H groups in total. The highest BCUT2D eigenvalue weighted by atomic mass is 31.1. The molecule has 0 radical (unpaired) electrons. The average molecular weight is 518 g/mol. The normalized spacial score (nSPS) is 17.3. The van der Waals surface area contributed by atoms with Gasteiger partial charge in [0, 0.05) is 22.3 Å². The highest BCUT2D eigenvalue weighted by Crippen LogP contribution is 2.46. The van der Waals surface area contributed by atoms with E-state index in [1.807, 2.05) is 72.8 Å². The van der Waals surface area contributed by atoms with Crippen LogP contribution < -0.4 is 19.4 Å². The Morgan fingerprint density at radius 1 is 0.556 bits per heavy atom. The topological polar surface area (TPSA) is 77.5 Å². The van der Waals surface area contributed by atoms with Gasteiger partial charge in [0.2, 0.25) is 12.3 Å². The Bertz CT molecular complexity index is 1370. The first-order chi connectivity index (χ1) is 17.7. The van der Waals surface area contributed by atoms with E-state index >= 15 is 0 Å². The number of fused-ring (bicyclic) bond motifs is 2. The highest BCUT2D eigenvalue weighted by molar-refractivity contribution is 7.41. The molecular weight excluding hydrogens is 498 g/mol. The van der Waals surface area contributed by atoms with Gasteiger partial charge in [-0.05, 0) is 33.4 Å². The highest BCUT2D eigenvalue weighted by Gasteiger charge is 2.42. The summed E-state index contributed by atoms with van der Waals surface area (Å²) < 4.78 is 25.6. The lowest BCUT2D eigenvalue weighted by Gasteiger charge is -2.20. The molecule has 0 saturated heterocycles. The third-order valence-corrected chi connectivity index (χ3v) is 7.97. The number of hydrogen-bond donors (Lipinski definition) is 0. The minimum absolute atomic E-state index is 0.314. The Balaban J connectivity index is 1.29. The zero-order valence-electron chi connectivity index (χ0n) is 18.9. The summed E-state index contributed by atoms with van der Waals surface area (Å²) in [6.07, 6.45) is 0.627. The molecule has 6 rings (SSSR count). The fourth-order valence-corrected chi connectivity index (χ4v) is 6.00. The van der Waals surface area contributed by atoms with E-state index in [2.05, 4.69) is 0 Å². The lowest BCUT2D eigenvalue weighted by molar-refractivity contribution is -0.178. The molecular formula is C26H20N2O6P2+2. The SMILES string of the molecule is O=[P+]1Cc2ccccc2ON1Oc1ccccc1-c1ccccc1ON1Oc2ccccc2C[P+]1=O. The molecule has 0 spiro atoms. The van der Waals surface area contributed by atoms with Gasteiger partial charge in [0.05, 0.1) is 0 Å². The number of hydrogen-bond acceptors (Lipinski definition) is 6. The van der Waals surface area contributed by atoms with Gasteiger partial charge in [0.25, 0.3) is 9.99 Å². The van der Waals surface area contributed by atoms with Gasteiger partial charge in [-0.2, -0.15) is 0 Å². The summed E-state index contributed by atoms with van der Waals surface area (Å²) in [5, 5.41) is 0. The smallest absolute Gasteiger partial charge is 0.333 e. The third-order valence-electron chi connectivity index (χ3n) is 5.69. The third kappa shape index (κ3) is 4.43. The van der Waals surface area contributed by atoms with Gasteiger partial charge in [-0.1, -0.05) is 72.8 Å². The quantitative estimate of drug-likeness (QED) is 0.260. The standard InChI is InChI=1S/C26H20N2O6P2/c29-35-17-19-9-1-5-13-23(19)31-27(35)33-25-15-7-3-11-21(25)22-12-4-8-16-26(22)34-28-32-24-14-6-2-10-20(24)18-36(28)30/h1-16H,17-18H2/q+2. The number of para-hydroxylation sites is 4. The number of nitrogens with zero attached hydrogens (tertiary/aromatic N) is 2. The van der Waals surface area contributed by atoms with Crippen LogP contribution in [0.1, 0.15) is 11.1 Å². The fourth-order valence-electron chi connectivity index (χ4n) is 3.95. The predicted molar refractivity (Wildman–Crippen MR) is 134 cm³/mol. The van der Waals surface area contributed by atoms with Gasteiger partial charge < -0.3 is 19.4 Å². The van der Waals surface area contributed by atoms with Crippen molar-refractivity contribution in [1.82, 2.24) is 9.99 Å². The second-order valence-electron chi connectivity index (χ2n) is 8.07. The van der Waals surface area contributed by atoms with Crippen molar-refractivity contribution in [3.05, 3.63) is 108 Å². The first-order valence-electron chi connectivity index (χ1n) is 11.2. The van der Waals surface area contributed by atoms with E-state index in [1.165, 1.54) is 0 Å². The molecule has 36 heavy (non-hydrogen) atoms. The van der Waals surface area contributed by atoms with Gasteiger partial charge in [0.1, 0.15) is 0 Å². The van der Waals surface area contributed by atoms with Crippen LogP contribution >= 0.6 is 15.9 Å². The molecule has 2 unspecified atom stereocenters. The Morgan fingerprint density at radius 3 is 1.42 bits per heavy atom. The van der Waals surface area contributed by atoms with Crippen molar-refractivity contribution in [2.75, 3.05) is 0 Å². The van der Waals surface area contributed by atoms with E-state index in [1.54, 1.807) is 24.3 Å². The van der Waals surface area contributed by atoms with Crippen LogP contribution in [0.5, 0.6) is 23.0 Å². The zero-order valence-corrected chi connectivity index (χ0v) is 20.7. The zero-order chi connectivity index (χ0) is 24.5. The monoisotopic (exact) mass is 518 g/mol. The van der Waals surface area contributed by atoms with Crippen LogP contribution in [0.3, 0.4) is 0 Å². The summed E-state index contributed by atoms with van der Waals surface area (Å²) in [7, 11) is -3.92. The maximum atomic E-state index is 12.8. The lowest BCUT2D eigenvalue weighted by Crippen LogP contribution is -2.28. The van der Waals surface area contributed by atoms with Crippen molar-refractivity contribution in [1.29, 1.82) is 0 Å². The summed E-state index contributed by atoms with van der Waals surface area (Å²) in [6.45, 7) is 0. The maximum absolute atomic E-state index is 12.8. The second kappa shape index (κ2) is 9.69. The second-order valence-corrected chi connectivity index (χ2v) is 10.8. The van der Waals surface area contributed by atoms with Crippen LogP contribution in [-0.4, -0.2) is 9.99 Å². The van der Waals surface area contributed by atoms with E-state index in [0.29, 0.717) is 46.4 Å². The molecule has 4 aromatic carbocycles. The first kappa shape index (κ1) is 22.7. The number of rotatable bonds is 5. The summed E-state index contributed by atoms with van der Waals surface area (Å²) >= 11 is 0. The molecule has 0 fully saturated rings. The van der Waals surface area contributed by atoms with Crippen molar-refractivity contribution in [3.63, 3.8) is 0 Å². The largest absolute Gasteiger partial charge is 0.518 e. The summed E-state index contributed by atoms with van der Waals surface area (Å²) in [5.41, 5.74) is 3.07. The number of benzene rings is 4. The van der Waals surface area contributed by atoms with Crippen molar-refractivity contribution < 1.29 is 28.5 Å². The van der Waals surface area contributed by atoms with E-state index in [-0.39, 0.29) is 0 Å². The van der Waals surface area contributed by atoms with Gasteiger partial charge >= 0.3 is 15.9 Å². The molecule has 2 aliphatic heterocycles. The van der Waals surface area contributed by atoms with Crippen LogP contribution in [0.2, 0.25) is 0 Å².